The van der Waals surface area contributed by atoms with Crippen LogP contribution in [0.5, 0.6) is 11.5 Å². The molecule has 0 radical (unpaired) electrons. The molecule has 1 aromatic heterocycles. The van der Waals surface area contributed by atoms with Crippen molar-refractivity contribution < 1.29 is 19.1 Å². The number of nitrogens with zero attached hydrogens (tertiary/aromatic N) is 2. The van der Waals surface area contributed by atoms with Crippen LogP contribution in [0.25, 0.3) is 10.9 Å². The van der Waals surface area contributed by atoms with Crippen molar-refractivity contribution in [2.24, 2.45) is 0 Å². The molecule has 1 saturated carbocycles. The smallest absolute Gasteiger partial charge is 0.271 e. The molecule has 35 heavy (non-hydrogen) atoms. The molecule has 1 N–H and O–H groups in total. The first-order valence-electron chi connectivity index (χ1n) is 12.4. The van der Waals surface area contributed by atoms with Gasteiger partial charge in [-0.05, 0) is 55.7 Å². The third kappa shape index (κ3) is 4.24. The van der Waals surface area contributed by atoms with Crippen molar-refractivity contribution in [3.05, 3.63) is 59.8 Å². The van der Waals surface area contributed by atoms with E-state index >= 15 is 0 Å². The van der Waals surface area contributed by atoms with Gasteiger partial charge in [-0.1, -0.05) is 31.4 Å². The Labute approximate surface area is 206 Å². The summed E-state index contributed by atoms with van der Waals surface area (Å²) in [6.07, 6.45) is 5.45. The number of hydrogen-bond donors (Lipinski definition) is 1. The third-order valence-electron chi connectivity index (χ3n) is 7.57. The maximum Gasteiger partial charge on any atom is 0.271 e. The van der Waals surface area contributed by atoms with Crippen molar-refractivity contribution in [1.29, 1.82) is 0 Å². The fourth-order valence-electron chi connectivity index (χ4n) is 5.41. The molecule has 3 aromatic rings. The number of methoxy groups -OCH3 is 2. The van der Waals surface area contributed by atoms with Crippen LogP contribution in [0.3, 0.4) is 0 Å². The van der Waals surface area contributed by atoms with Crippen molar-refractivity contribution in [3.63, 3.8) is 0 Å². The fourth-order valence-corrected chi connectivity index (χ4v) is 5.41. The minimum Gasteiger partial charge on any atom is -0.497 e. The van der Waals surface area contributed by atoms with Gasteiger partial charge in [-0.2, -0.15) is 0 Å². The molecule has 0 spiro atoms. The quantitative estimate of drug-likeness (QED) is 0.569. The SMILES string of the molecule is COc1ccc(CN2C(=O)c3cc4ccc(OC)cc4n3CC2(C)C(=O)NC2CCCCC2)cc1. The van der Waals surface area contributed by atoms with Crippen LogP contribution in [0.15, 0.2) is 48.5 Å². The Morgan fingerprint density at radius 2 is 1.69 bits per heavy atom. The van der Waals surface area contributed by atoms with E-state index in [1.807, 2.05) is 60.0 Å². The molecule has 0 saturated heterocycles. The Hall–Kier alpha value is -3.48. The average molecular weight is 476 g/mol. The summed E-state index contributed by atoms with van der Waals surface area (Å²) in [5.41, 5.74) is 1.39. The number of benzene rings is 2. The van der Waals surface area contributed by atoms with E-state index in [4.69, 9.17) is 9.47 Å². The molecule has 1 fully saturated rings. The molecule has 2 aromatic carbocycles. The molecule has 2 amide bonds. The third-order valence-corrected chi connectivity index (χ3v) is 7.57. The standard InChI is InChI=1S/C28H33N3O4/c1-28(27(33)29-21-7-5-4-6-8-21)18-30-24-16-23(35-3)14-11-20(24)15-25(30)26(32)31(28)17-19-9-12-22(34-2)13-10-19/h9-16,21H,4-8,17-18H2,1-3H3,(H,29,33). The van der Waals surface area contributed by atoms with Crippen LogP contribution in [0, 0.1) is 0 Å². The summed E-state index contributed by atoms with van der Waals surface area (Å²) in [6, 6.07) is 15.5. The predicted octanol–water partition coefficient (Wildman–Crippen LogP) is 4.52. The highest BCUT2D eigenvalue weighted by atomic mass is 16.5. The highest BCUT2D eigenvalue weighted by Crippen LogP contribution is 2.35. The van der Waals surface area contributed by atoms with Crippen LogP contribution >= 0.6 is 0 Å². The van der Waals surface area contributed by atoms with Crippen molar-refractivity contribution in [1.82, 2.24) is 14.8 Å². The van der Waals surface area contributed by atoms with E-state index in [0.29, 0.717) is 18.8 Å². The number of ether oxygens (including phenoxy) is 2. The van der Waals surface area contributed by atoms with Gasteiger partial charge in [-0.25, -0.2) is 0 Å². The number of hydrogen-bond acceptors (Lipinski definition) is 4. The topological polar surface area (TPSA) is 72.8 Å². The Morgan fingerprint density at radius 1 is 1.00 bits per heavy atom. The van der Waals surface area contributed by atoms with E-state index < -0.39 is 5.54 Å². The molecular weight excluding hydrogens is 442 g/mol. The first kappa shape index (κ1) is 23.3. The summed E-state index contributed by atoms with van der Waals surface area (Å²) < 4.78 is 12.7. The van der Waals surface area contributed by atoms with Crippen LogP contribution in [0.4, 0.5) is 0 Å². The molecule has 1 unspecified atom stereocenters. The van der Waals surface area contributed by atoms with Gasteiger partial charge in [0.15, 0.2) is 0 Å². The highest BCUT2D eigenvalue weighted by Gasteiger charge is 2.48. The van der Waals surface area contributed by atoms with Gasteiger partial charge < -0.3 is 24.3 Å². The van der Waals surface area contributed by atoms with Crippen LogP contribution < -0.4 is 14.8 Å². The maximum atomic E-state index is 13.9. The molecule has 1 aliphatic carbocycles. The van der Waals surface area contributed by atoms with Gasteiger partial charge in [0.1, 0.15) is 22.7 Å². The Kier molecular flexibility index (Phi) is 6.17. The first-order valence-corrected chi connectivity index (χ1v) is 12.4. The summed E-state index contributed by atoms with van der Waals surface area (Å²) >= 11 is 0. The van der Waals surface area contributed by atoms with Crippen molar-refractivity contribution in [2.75, 3.05) is 14.2 Å². The number of aromatic nitrogens is 1. The lowest BCUT2D eigenvalue weighted by Crippen LogP contribution is -2.64. The average Bonchev–Trinajstić information content (AvgIpc) is 3.25. The Bertz CT molecular complexity index is 1240. The lowest BCUT2D eigenvalue weighted by Gasteiger charge is -2.45. The highest BCUT2D eigenvalue weighted by molar-refractivity contribution is 6.03. The van der Waals surface area contributed by atoms with Crippen molar-refractivity contribution in [2.45, 2.75) is 63.7 Å². The monoisotopic (exact) mass is 475 g/mol. The van der Waals surface area contributed by atoms with Gasteiger partial charge in [0, 0.05) is 24.0 Å². The summed E-state index contributed by atoms with van der Waals surface area (Å²) in [7, 11) is 3.26. The van der Waals surface area contributed by atoms with E-state index in [1.54, 1.807) is 19.1 Å². The van der Waals surface area contributed by atoms with Crippen LogP contribution in [-0.4, -0.2) is 47.1 Å². The van der Waals surface area contributed by atoms with Gasteiger partial charge in [-0.15, -0.1) is 0 Å². The molecule has 5 rings (SSSR count). The molecule has 1 aliphatic heterocycles. The number of carbonyl (C=O) groups excluding carboxylic acids is 2. The molecule has 184 valence electrons. The molecule has 2 heterocycles. The normalized spacial score (nSPS) is 20.5. The minimum atomic E-state index is -1.05. The summed E-state index contributed by atoms with van der Waals surface area (Å²) in [5.74, 6) is 1.23. The van der Waals surface area contributed by atoms with E-state index in [2.05, 4.69) is 5.32 Å². The molecule has 7 heteroatoms. The Morgan fingerprint density at radius 3 is 2.37 bits per heavy atom. The molecular formula is C28H33N3O4. The lowest BCUT2D eigenvalue weighted by atomic mass is 9.91. The van der Waals surface area contributed by atoms with Crippen LogP contribution in [0.2, 0.25) is 0 Å². The zero-order chi connectivity index (χ0) is 24.6. The summed E-state index contributed by atoms with van der Waals surface area (Å²) in [6.45, 7) is 2.60. The number of carbonyl (C=O) groups is 2. The Balaban J connectivity index is 1.55. The van der Waals surface area contributed by atoms with Gasteiger partial charge in [-0.3, -0.25) is 9.59 Å². The predicted molar refractivity (Wildman–Crippen MR) is 135 cm³/mol. The van der Waals surface area contributed by atoms with E-state index in [9.17, 15) is 9.59 Å². The number of rotatable bonds is 6. The van der Waals surface area contributed by atoms with E-state index in [0.717, 1.165) is 53.6 Å². The van der Waals surface area contributed by atoms with E-state index in [1.165, 1.54) is 6.42 Å². The van der Waals surface area contributed by atoms with Crippen LogP contribution in [0.1, 0.15) is 55.1 Å². The number of amides is 2. The minimum absolute atomic E-state index is 0.0957. The van der Waals surface area contributed by atoms with Crippen LogP contribution in [-0.2, 0) is 17.9 Å². The van der Waals surface area contributed by atoms with E-state index in [-0.39, 0.29) is 17.9 Å². The second-order valence-corrected chi connectivity index (χ2v) is 9.86. The first-order chi connectivity index (χ1) is 16.9. The number of fused-ring (bicyclic) bond motifs is 3. The van der Waals surface area contributed by atoms with Crippen molar-refractivity contribution >= 4 is 22.7 Å². The van der Waals surface area contributed by atoms with Gasteiger partial charge in [0.2, 0.25) is 5.91 Å². The number of nitrogens with one attached hydrogen (secondary N) is 1. The largest absolute Gasteiger partial charge is 0.497 e. The maximum absolute atomic E-state index is 13.9. The molecule has 0 bridgehead atoms. The zero-order valence-corrected chi connectivity index (χ0v) is 20.7. The van der Waals surface area contributed by atoms with Crippen molar-refractivity contribution in [3.8, 4) is 11.5 Å². The van der Waals surface area contributed by atoms with Gasteiger partial charge in [0.05, 0.1) is 26.3 Å². The molecule has 1 atom stereocenters. The molecule has 7 nitrogen and oxygen atoms in total. The summed E-state index contributed by atoms with van der Waals surface area (Å²) in [4.78, 5) is 29.5. The van der Waals surface area contributed by atoms with Gasteiger partial charge in [0.25, 0.3) is 5.91 Å². The second-order valence-electron chi connectivity index (χ2n) is 9.86. The lowest BCUT2D eigenvalue weighted by molar-refractivity contribution is -0.134. The fraction of sp³-hybridized carbons (Fsp3) is 0.429. The molecule has 2 aliphatic rings. The zero-order valence-electron chi connectivity index (χ0n) is 20.7. The summed E-state index contributed by atoms with van der Waals surface area (Å²) in [5, 5.41) is 4.24. The second kappa shape index (κ2) is 9.29. The van der Waals surface area contributed by atoms with Gasteiger partial charge >= 0.3 is 0 Å².